The van der Waals surface area contributed by atoms with Crippen LogP contribution in [0.15, 0.2) is 68.2 Å². The van der Waals surface area contributed by atoms with E-state index in [2.05, 4.69) is 36.1 Å². The first-order valence-corrected chi connectivity index (χ1v) is 9.98. The average Bonchev–Trinajstić information content (AvgIpc) is 3.19. The molecule has 9 heteroatoms. The maximum atomic E-state index is 12.4. The molecule has 0 bridgehead atoms. The van der Waals surface area contributed by atoms with Gasteiger partial charge in [-0.25, -0.2) is 0 Å². The number of aromatic amines is 1. The number of hydrogen-bond acceptors (Lipinski definition) is 6. The van der Waals surface area contributed by atoms with Gasteiger partial charge < -0.3 is 10.1 Å². The van der Waals surface area contributed by atoms with E-state index in [4.69, 9.17) is 0 Å². The number of benzene rings is 2. The molecular formula is C19H13BrN4O3S. The molecule has 4 rings (SSSR count). The lowest BCUT2D eigenvalue weighted by Crippen LogP contribution is -2.16. The maximum absolute atomic E-state index is 12.4. The van der Waals surface area contributed by atoms with Crippen LogP contribution in [0.4, 0.5) is 5.69 Å². The van der Waals surface area contributed by atoms with Crippen LogP contribution in [0.2, 0.25) is 0 Å². The van der Waals surface area contributed by atoms with Gasteiger partial charge in [0, 0.05) is 21.8 Å². The molecule has 3 aromatic rings. The highest BCUT2D eigenvalue weighted by molar-refractivity contribution is 9.10. The number of azo groups is 1. The van der Waals surface area contributed by atoms with E-state index in [-0.39, 0.29) is 28.9 Å². The molecule has 2 heterocycles. The lowest BCUT2D eigenvalue weighted by atomic mass is 10.1. The second-order valence-electron chi connectivity index (χ2n) is 6.04. The standard InChI is InChI=1S/C19H13BrN4O3S/c20-11-7-5-10(6-8-11)14(25)9-15-17(26)22-19(28-15)24-23-16-12-3-1-2-4-13(12)21-18(16)27/h1-8,15,21,27H,9H2/t15-/m0/s1. The Labute approximate surface area is 172 Å². The zero-order chi connectivity index (χ0) is 19.7. The first-order chi connectivity index (χ1) is 13.5. The zero-order valence-corrected chi connectivity index (χ0v) is 16.7. The molecule has 1 amide bonds. The van der Waals surface area contributed by atoms with E-state index in [1.807, 2.05) is 18.2 Å². The second kappa shape index (κ2) is 7.69. The predicted octanol–water partition coefficient (Wildman–Crippen LogP) is 4.99. The zero-order valence-electron chi connectivity index (χ0n) is 14.3. The number of nitrogens with one attached hydrogen (secondary N) is 1. The molecule has 0 unspecified atom stereocenters. The lowest BCUT2D eigenvalue weighted by molar-refractivity contribution is -0.117. The Bertz CT molecular complexity index is 1140. The highest BCUT2D eigenvalue weighted by Crippen LogP contribution is 2.36. The number of rotatable bonds is 4. The number of nitrogens with zero attached hydrogens (tertiary/aromatic N) is 3. The minimum Gasteiger partial charge on any atom is -0.493 e. The number of aromatic hydroxyl groups is 1. The predicted molar refractivity (Wildman–Crippen MR) is 111 cm³/mol. The molecule has 28 heavy (non-hydrogen) atoms. The smallest absolute Gasteiger partial charge is 0.262 e. The van der Waals surface area contributed by atoms with Gasteiger partial charge in [0.25, 0.3) is 5.91 Å². The summed E-state index contributed by atoms with van der Waals surface area (Å²) in [4.78, 5) is 31.2. The van der Waals surface area contributed by atoms with E-state index in [1.165, 1.54) is 0 Å². The van der Waals surface area contributed by atoms with E-state index < -0.39 is 11.2 Å². The van der Waals surface area contributed by atoms with Crippen molar-refractivity contribution in [1.82, 2.24) is 4.98 Å². The first-order valence-electron chi connectivity index (χ1n) is 8.30. The molecule has 0 aliphatic carbocycles. The summed E-state index contributed by atoms with van der Waals surface area (Å²) in [6, 6.07) is 14.2. The number of hydrogen-bond donors (Lipinski definition) is 2. The Morgan fingerprint density at radius 1 is 1.18 bits per heavy atom. The van der Waals surface area contributed by atoms with E-state index in [1.54, 1.807) is 30.3 Å². The number of thioether (sulfide) groups is 1. The van der Waals surface area contributed by atoms with Gasteiger partial charge in [-0.15, -0.1) is 10.2 Å². The number of carbonyl (C=O) groups excluding carboxylic acids is 2. The molecule has 0 saturated heterocycles. The van der Waals surface area contributed by atoms with Crippen molar-refractivity contribution in [1.29, 1.82) is 0 Å². The van der Waals surface area contributed by atoms with Crippen molar-refractivity contribution in [3.05, 3.63) is 58.6 Å². The van der Waals surface area contributed by atoms with Gasteiger partial charge in [0.15, 0.2) is 11.5 Å². The van der Waals surface area contributed by atoms with Crippen LogP contribution in [-0.4, -0.2) is 32.2 Å². The molecule has 0 saturated carbocycles. The third kappa shape index (κ3) is 3.76. The van der Waals surface area contributed by atoms with Crippen LogP contribution in [0, 0.1) is 0 Å². The SMILES string of the molecule is O=C(C[C@@H]1SC(N=Nc2c(O)[nH]c3ccccc23)=NC1=O)c1ccc(Br)cc1. The van der Waals surface area contributed by atoms with Crippen molar-refractivity contribution in [2.45, 2.75) is 11.7 Å². The minimum absolute atomic E-state index is 0.0337. The minimum atomic E-state index is -0.623. The molecule has 2 aromatic carbocycles. The molecule has 1 aliphatic heterocycles. The average molecular weight is 457 g/mol. The van der Waals surface area contributed by atoms with Crippen molar-refractivity contribution in [3.8, 4) is 5.88 Å². The Morgan fingerprint density at radius 3 is 2.71 bits per heavy atom. The van der Waals surface area contributed by atoms with Gasteiger partial charge in [0.1, 0.15) is 5.25 Å². The fraction of sp³-hybridized carbons (Fsp3) is 0.105. The van der Waals surface area contributed by atoms with Crippen LogP contribution in [0.3, 0.4) is 0 Å². The number of aliphatic imine (C=N–C) groups is 1. The lowest BCUT2D eigenvalue weighted by Gasteiger charge is -2.05. The number of halogens is 1. The third-order valence-corrected chi connectivity index (χ3v) is 5.73. The van der Waals surface area contributed by atoms with Gasteiger partial charge in [-0.05, 0) is 18.2 Å². The third-order valence-electron chi connectivity index (χ3n) is 4.16. The summed E-state index contributed by atoms with van der Waals surface area (Å²) in [5.74, 6) is -0.657. The second-order valence-corrected chi connectivity index (χ2v) is 8.13. The van der Waals surface area contributed by atoms with Crippen molar-refractivity contribution in [2.24, 2.45) is 15.2 Å². The van der Waals surface area contributed by atoms with E-state index in [9.17, 15) is 14.7 Å². The van der Waals surface area contributed by atoms with Crippen LogP contribution in [0.1, 0.15) is 16.8 Å². The summed E-state index contributed by atoms with van der Waals surface area (Å²) in [5.41, 5.74) is 1.54. The Kier molecular flexibility index (Phi) is 5.10. The van der Waals surface area contributed by atoms with Gasteiger partial charge in [-0.2, -0.15) is 4.99 Å². The molecule has 1 aliphatic rings. The molecule has 1 aromatic heterocycles. The Balaban J connectivity index is 1.46. The number of aromatic nitrogens is 1. The van der Waals surface area contributed by atoms with Gasteiger partial charge in [0.05, 0.1) is 5.52 Å². The quantitative estimate of drug-likeness (QED) is 0.425. The molecule has 140 valence electrons. The summed E-state index contributed by atoms with van der Waals surface area (Å²) in [6.07, 6.45) is 0.0337. The number of Topliss-reactive ketones (excluding diaryl/α,β-unsaturated/α-hetero) is 1. The van der Waals surface area contributed by atoms with E-state index in [0.29, 0.717) is 10.9 Å². The van der Waals surface area contributed by atoms with Crippen molar-refractivity contribution < 1.29 is 14.7 Å². The number of amides is 1. The summed E-state index contributed by atoms with van der Waals surface area (Å²) in [6.45, 7) is 0. The largest absolute Gasteiger partial charge is 0.493 e. The van der Waals surface area contributed by atoms with Gasteiger partial charge in [0.2, 0.25) is 11.0 Å². The normalized spacial score (nSPS) is 16.8. The number of fused-ring (bicyclic) bond motifs is 1. The van der Waals surface area contributed by atoms with Crippen LogP contribution in [0.25, 0.3) is 10.9 Å². The maximum Gasteiger partial charge on any atom is 0.262 e. The monoisotopic (exact) mass is 456 g/mol. The number of H-pyrrole nitrogens is 1. The number of ketones is 1. The van der Waals surface area contributed by atoms with Gasteiger partial charge in [-0.1, -0.05) is 58.0 Å². The van der Waals surface area contributed by atoms with Crippen LogP contribution < -0.4 is 0 Å². The van der Waals surface area contributed by atoms with Crippen molar-refractivity contribution in [3.63, 3.8) is 0 Å². The van der Waals surface area contributed by atoms with E-state index in [0.717, 1.165) is 21.8 Å². The number of carbonyl (C=O) groups is 2. The Hall–Kier alpha value is -2.78. The molecule has 7 nitrogen and oxygen atoms in total. The topological polar surface area (TPSA) is 107 Å². The summed E-state index contributed by atoms with van der Waals surface area (Å²) in [7, 11) is 0. The van der Waals surface area contributed by atoms with Crippen molar-refractivity contribution in [2.75, 3.05) is 0 Å². The van der Waals surface area contributed by atoms with Crippen LogP contribution in [-0.2, 0) is 4.79 Å². The summed E-state index contributed by atoms with van der Waals surface area (Å²) in [5, 5.41) is 18.3. The molecular weight excluding hydrogens is 444 g/mol. The fourth-order valence-electron chi connectivity index (χ4n) is 2.77. The van der Waals surface area contributed by atoms with Crippen LogP contribution >= 0.6 is 27.7 Å². The molecule has 0 fully saturated rings. The molecule has 2 N–H and O–H groups in total. The first kappa shape index (κ1) is 18.6. The fourth-order valence-corrected chi connectivity index (χ4v) is 3.91. The summed E-state index contributed by atoms with van der Waals surface area (Å²) >= 11 is 4.42. The molecule has 1 atom stereocenters. The number of para-hydroxylation sites is 1. The molecule has 0 spiro atoms. The van der Waals surface area contributed by atoms with E-state index >= 15 is 0 Å². The highest BCUT2D eigenvalue weighted by atomic mass is 79.9. The highest BCUT2D eigenvalue weighted by Gasteiger charge is 2.31. The molecule has 0 radical (unpaired) electrons. The van der Waals surface area contributed by atoms with Crippen LogP contribution in [0.5, 0.6) is 5.88 Å². The number of amidine groups is 1. The van der Waals surface area contributed by atoms with Gasteiger partial charge in [-0.3, -0.25) is 9.59 Å². The summed E-state index contributed by atoms with van der Waals surface area (Å²) < 4.78 is 0.877. The van der Waals surface area contributed by atoms with Gasteiger partial charge >= 0.3 is 0 Å². The van der Waals surface area contributed by atoms with Crippen molar-refractivity contribution >= 4 is 61.1 Å². The Morgan fingerprint density at radius 2 is 1.93 bits per heavy atom.